The maximum atomic E-state index is 14.0. The van der Waals surface area contributed by atoms with Gasteiger partial charge in [0.2, 0.25) is 5.91 Å². The lowest BCUT2D eigenvalue weighted by atomic mass is 10.2. The largest absolute Gasteiger partial charge is 0.367 e. The van der Waals surface area contributed by atoms with Crippen molar-refractivity contribution in [1.82, 2.24) is 14.7 Å². The number of hydrogen-bond donors (Lipinski definition) is 0. The fourth-order valence-electron chi connectivity index (χ4n) is 4.14. The highest BCUT2D eigenvalue weighted by Crippen LogP contribution is 2.20. The van der Waals surface area contributed by atoms with Gasteiger partial charge in [0.05, 0.1) is 12.2 Å². The van der Waals surface area contributed by atoms with Gasteiger partial charge in [0.25, 0.3) is 0 Å². The third kappa shape index (κ3) is 5.14. The number of hydrogen-bond acceptors (Lipinski definition) is 4. The Kier molecular flexibility index (Phi) is 6.42. The third-order valence-corrected chi connectivity index (χ3v) is 5.90. The Morgan fingerprint density at radius 2 is 1.38 bits per heavy atom. The number of rotatable bonds is 5. The maximum absolute atomic E-state index is 14.0. The lowest BCUT2D eigenvalue weighted by Crippen LogP contribution is -2.53. The summed E-state index contributed by atoms with van der Waals surface area (Å²) in [7, 11) is 0. The number of piperazine rings is 2. The van der Waals surface area contributed by atoms with Crippen LogP contribution in [0.25, 0.3) is 0 Å². The number of benzene rings is 2. The summed E-state index contributed by atoms with van der Waals surface area (Å²) >= 11 is 0. The molecule has 0 spiro atoms. The lowest BCUT2D eigenvalue weighted by molar-refractivity contribution is -0.134. The van der Waals surface area contributed by atoms with Crippen molar-refractivity contribution in [2.24, 2.45) is 0 Å². The minimum atomic E-state index is -0.176. The van der Waals surface area contributed by atoms with Crippen LogP contribution in [-0.4, -0.2) is 79.5 Å². The van der Waals surface area contributed by atoms with E-state index in [4.69, 9.17) is 0 Å². The molecule has 2 aliphatic heterocycles. The fraction of sp³-hybridized carbons (Fsp3) is 0.435. The van der Waals surface area contributed by atoms with Gasteiger partial charge in [0.1, 0.15) is 5.82 Å². The molecule has 2 aromatic rings. The van der Waals surface area contributed by atoms with Crippen molar-refractivity contribution in [3.05, 3.63) is 66.0 Å². The number of carbonyl (C=O) groups is 1. The van der Waals surface area contributed by atoms with E-state index < -0.39 is 0 Å². The molecule has 0 saturated carbocycles. The second kappa shape index (κ2) is 9.37. The Hall–Kier alpha value is -2.44. The molecule has 0 atom stereocenters. The van der Waals surface area contributed by atoms with Gasteiger partial charge in [-0.1, -0.05) is 42.5 Å². The summed E-state index contributed by atoms with van der Waals surface area (Å²) in [6, 6.07) is 17.4. The molecule has 0 bridgehead atoms. The van der Waals surface area contributed by atoms with Crippen LogP contribution in [0.15, 0.2) is 54.6 Å². The monoisotopic (exact) mass is 396 g/mol. The van der Waals surface area contributed by atoms with Gasteiger partial charge in [-0.3, -0.25) is 14.6 Å². The van der Waals surface area contributed by atoms with Crippen LogP contribution in [0.2, 0.25) is 0 Å². The fourth-order valence-corrected chi connectivity index (χ4v) is 4.14. The molecule has 6 heteroatoms. The van der Waals surface area contributed by atoms with E-state index in [0.29, 0.717) is 12.2 Å². The van der Waals surface area contributed by atoms with E-state index in [-0.39, 0.29) is 11.7 Å². The molecule has 0 aromatic heterocycles. The molecule has 2 aliphatic rings. The van der Waals surface area contributed by atoms with Gasteiger partial charge in [-0.15, -0.1) is 0 Å². The van der Waals surface area contributed by atoms with Crippen molar-refractivity contribution in [3.8, 4) is 0 Å². The van der Waals surface area contributed by atoms with Gasteiger partial charge in [-0.25, -0.2) is 4.39 Å². The quantitative estimate of drug-likeness (QED) is 0.776. The van der Waals surface area contributed by atoms with Crippen molar-refractivity contribution in [2.75, 3.05) is 63.8 Å². The summed E-state index contributed by atoms with van der Waals surface area (Å²) < 4.78 is 14.0. The number of halogens is 1. The molecular weight excluding hydrogens is 367 g/mol. The molecule has 29 heavy (non-hydrogen) atoms. The lowest BCUT2D eigenvalue weighted by Gasteiger charge is -2.38. The van der Waals surface area contributed by atoms with Gasteiger partial charge < -0.3 is 9.80 Å². The Balaban J connectivity index is 1.20. The molecule has 2 aromatic carbocycles. The second-order valence-corrected chi connectivity index (χ2v) is 7.86. The highest BCUT2D eigenvalue weighted by molar-refractivity contribution is 5.78. The second-order valence-electron chi connectivity index (χ2n) is 7.86. The maximum Gasteiger partial charge on any atom is 0.236 e. The third-order valence-electron chi connectivity index (χ3n) is 5.90. The molecule has 5 nitrogen and oxygen atoms in total. The first-order valence-corrected chi connectivity index (χ1v) is 10.4. The number of para-hydroxylation sites is 1. The average molecular weight is 397 g/mol. The SMILES string of the molecule is O=C(CN1CCN(c2ccccc2F)CC1)N1CCN(Cc2ccccc2)CC1. The molecule has 0 N–H and O–H groups in total. The number of amides is 1. The Morgan fingerprint density at radius 1 is 0.759 bits per heavy atom. The van der Waals surface area contributed by atoms with Crippen LogP contribution in [0, 0.1) is 5.82 Å². The summed E-state index contributed by atoms with van der Waals surface area (Å²) in [4.78, 5) is 21.4. The zero-order chi connectivity index (χ0) is 20.1. The van der Waals surface area contributed by atoms with Crippen molar-refractivity contribution in [2.45, 2.75) is 6.54 Å². The molecule has 0 unspecified atom stereocenters. The molecule has 2 saturated heterocycles. The highest BCUT2D eigenvalue weighted by Gasteiger charge is 2.25. The van der Waals surface area contributed by atoms with Crippen LogP contribution in [-0.2, 0) is 11.3 Å². The standard InChI is InChI=1S/C23H29FN4O/c24-21-8-4-5-9-22(21)27-14-10-26(11-15-27)19-23(29)28-16-12-25(13-17-28)18-20-6-2-1-3-7-20/h1-9H,10-19H2. The van der Waals surface area contributed by atoms with Crippen molar-refractivity contribution < 1.29 is 9.18 Å². The van der Waals surface area contributed by atoms with Crippen LogP contribution in [0.3, 0.4) is 0 Å². The predicted molar refractivity (Wildman–Crippen MR) is 113 cm³/mol. The smallest absolute Gasteiger partial charge is 0.236 e. The number of nitrogens with zero attached hydrogens (tertiary/aromatic N) is 4. The molecule has 1 amide bonds. The van der Waals surface area contributed by atoms with E-state index in [0.717, 1.165) is 58.9 Å². The van der Waals surface area contributed by atoms with Crippen molar-refractivity contribution in [3.63, 3.8) is 0 Å². The first-order valence-electron chi connectivity index (χ1n) is 10.4. The molecule has 154 valence electrons. The zero-order valence-corrected chi connectivity index (χ0v) is 16.8. The van der Waals surface area contributed by atoms with Gasteiger partial charge in [0, 0.05) is 58.9 Å². The van der Waals surface area contributed by atoms with E-state index in [1.165, 1.54) is 11.6 Å². The van der Waals surface area contributed by atoms with Crippen molar-refractivity contribution >= 4 is 11.6 Å². The predicted octanol–water partition coefficient (Wildman–Crippen LogP) is 2.29. The minimum Gasteiger partial charge on any atom is -0.367 e. The van der Waals surface area contributed by atoms with Gasteiger partial charge in [0.15, 0.2) is 0 Å². The topological polar surface area (TPSA) is 30.0 Å². The Morgan fingerprint density at radius 3 is 2.07 bits per heavy atom. The summed E-state index contributed by atoms with van der Waals surface area (Å²) in [5.74, 6) is 0.0362. The Labute approximate surface area is 172 Å². The number of carbonyl (C=O) groups excluding carboxylic acids is 1. The molecular formula is C23H29FN4O. The van der Waals surface area contributed by atoms with Crippen LogP contribution in [0.4, 0.5) is 10.1 Å². The summed E-state index contributed by atoms with van der Waals surface area (Å²) in [6.45, 7) is 7.90. The van der Waals surface area contributed by atoms with Crippen LogP contribution < -0.4 is 4.90 Å². The normalized spacial score (nSPS) is 18.8. The Bertz CT molecular complexity index is 800. The first-order chi connectivity index (χ1) is 14.2. The van der Waals surface area contributed by atoms with E-state index in [1.54, 1.807) is 6.07 Å². The van der Waals surface area contributed by atoms with Gasteiger partial charge in [-0.2, -0.15) is 0 Å². The zero-order valence-electron chi connectivity index (χ0n) is 16.8. The van der Waals surface area contributed by atoms with E-state index in [1.807, 2.05) is 23.1 Å². The number of anilines is 1. The first kappa shape index (κ1) is 19.9. The molecule has 2 heterocycles. The van der Waals surface area contributed by atoms with E-state index in [9.17, 15) is 9.18 Å². The van der Waals surface area contributed by atoms with Crippen molar-refractivity contribution in [1.29, 1.82) is 0 Å². The molecule has 0 aliphatic carbocycles. The van der Waals surface area contributed by atoms with Crippen LogP contribution >= 0.6 is 0 Å². The summed E-state index contributed by atoms with van der Waals surface area (Å²) in [5.41, 5.74) is 1.98. The highest BCUT2D eigenvalue weighted by atomic mass is 19.1. The van der Waals surface area contributed by atoms with E-state index in [2.05, 4.69) is 39.0 Å². The summed E-state index contributed by atoms with van der Waals surface area (Å²) in [6.07, 6.45) is 0. The average Bonchev–Trinajstić information content (AvgIpc) is 2.76. The van der Waals surface area contributed by atoms with Crippen LogP contribution in [0.5, 0.6) is 0 Å². The molecule has 4 rings (SSSR count). The van der Waals surface area contributed by atoms with Gasteiger partial charge >= 0.3 is 0 Å². The molecule has 2 fully saturated rings. The van der Waals surface area contributed by atoms with Crippen LogP contribution in [0.1, 0.15) is 5.56 Å². The summed E-state index contributed by atoms with van der Waals surface area (Å²) in [5, 5.41) is 0. The molecule has 0 radical (unpaired) electrons. The minimum absolute atomic E-state index is 0.176. The van der Waals surface area contributed by atoms with E-state index >= 15 is 0 Å². The van der Waals surface area contributed by atoms with Gasteiger partial charge in [-0.05, 0) is 17.7 Å².